The Kier molecular flexibility index (Phi) is 2.08. The van der Waals surface area contributed by atoms with E-state index < -0.39 is 0 Å². The minimum Gasteiger partial charge on any atom is -0.363 e. The zero-order valence-electron chi connectivity index (χ0n) is 4.99. The van der Waals surface area contributed by atoms with Crippen LogP contribution in [0.2, 0.25) is 0 Å². The maximum atomic E-state index is 4.93. The van der Waals surface area contributed by atoms with E-state index in [1.54, 1.807) is 6.21 Å². The molecule has 1 aromatic rings. The molecule has 0 fully saturated rings. The SMILES string of the molecule is [B]/N=C/c1ccccc1. The molecule has 0 aliphatic rings. The first-order chi connectivity index (χ1) is 4.43. The summed E-state index contributed by atoms with van der Waals surface area (Å²) in [6.07, 6.45) is 1.61. The Morgan fingerprint density at radius 3 is 2.44 bits per heavy atom. The van der Waals surface area contributed by atoms with Gasteiger partial charge in [0.25, 0.3) is 7.98 Å². The molecule has 0 aliphatic heterocycles. The first kappa shape index (κ1) is 6.08. The lowest BCUT2D eigenvalue weighted by atomic mass is 10.2. The molecule has 0 spiro atoms. The predicted molar refractivity (Wildman–Crippen MR) is 39.8 cm³/mol. The molecule has 0 saturated heterocycles. The molecule has 0 aromatic heterocycles. The Morgan fingerprint density at radius 1 is 1.22 bits per heavy atom. The highest BCUT2D eigenvalue weighted by Gasteiger charge is 1.78. The first-order valence-electron chi connectivity index (χ1n) is 2.72. The van der Waals surface area contributed by atoms with E-state index in [1.807, 2.05) is 30.3 Å². The lowest BCUT2D eigenvalue weighted by Gasteiger charge is -1.86. The Bertz CT molecular complexity index is 193. The van der Waals surface area contributed by atoms with E-state index in [4.69, 9.17) is 7.98 Å². The molecule has 2 radical (unpaired) electrons. The van der Waals surface area contributed by atoms with Crippen LogP contribution in [0.3, 0.4) is 0 Å². The Morgan fingerprint density at radius 2 is 1.89 bits per heavy atom. The van der Waals surface area contributed by atoms with Crippen molar-refractivity contribution in [1.82, 2.24) is 0 Å². The van der Waals surface area contributed by atoms with Crippen molar-refractivity contribution in [2.24, 2.45) is 4.90 Å². The summed E-state index contributed by atoms with van der Waals surface area (Å²) >= 11 is 0. The van der Waals surface area contributed by atoms with E-state index in [2.05, 4.69) is 4.90 Å². The highest BCUT2D eigenvalue weighted by molar-refractivity contribution is 6.11. The van der Waals surface area contributed by atoms with Crippen LogP contribution in [0.1, 0.15) is 5.56 Å². The molecule has 1 aromatic carbocycles. The average molecular weight is 115 g/mol. The number of benzene rings is 1. The topological polar surface area (TPSA) is 12.4 Å². The predicted octanol–water partition coefficient (Wildman–Crippen LogP) is 1.19. The van der Waals surface area contributed by atoms with Gasteiger partial charge >= 0.3 is 0 Å². The van der Waals surface area contributed by atoms with E-state index in [1.165, 1.54) is 0 Å². The molecule has 0 saturated carbocycles. The quantitative estimate of drug-likeness (QED) is 0.385. The third-order valence-electron chi connectivity index (χ3n) is 1.02. The molecular formula is C7H6BN. The maximum absolute atomic E-state index is 4.93. The second-order valence-electron chi connectivity index (χ2n) is 1.69. The van der Waals surface area contributed by atoms with Gasteiger partial charge < -0.3 is 4.90 Å². The summed E-state index contributed by atoms with van der Waals surface area (Å²) in [5.74, 6) is 0. The lowest BCUT2D eigenvalue weighted by Crippen LogP contribution is -1.76. The van der Waals surface area contributed by atoms with Gasteiger partial charge in [0.1, 0.15) is 0 Å². The van der Waals surface area contributed by atoms with Crippen molar-refractivity contribution in [2.75, 3.05) is 0 Å². The Balaban J connectivity index is 2.85. The monoisotopic (exact) mass is 115 g/mol. The van der Waals surface area contributed by atoms with Gasteiger partial charge in [-0.2, -0.15) is 0 Å². The molecule has 1 rings (SSSR count). The first-order valence-corrected chi connectivity index (χ1v) is 2.72. The molecule has 1 nitrogen and oxygen atoms in total. The van der Waals surface area contributed by atoms with Gasteiger partial charge in [-0.25, -0.2) is 0 Å². The van der Waals surface area contributed by atoms with Gasteiger partial charge in [-0.15, -0.1) is 0 Å². The fourth-order valence-electron chi connectivity index (χ4n) is 0.625. The zero-order valence-corrected chi connectivity index (χ0v) is 4.99. The van der Waals surface area contributed by atoms with Gasteiger partial charge in [0, 0.05) is 6.21 Å². The second kappa shape index (κ2) is 3.08. The van der Waals surface area contributed by atoms with E-state index in [0.29, 0.717) is 0 Å². The van der Waals surface area contributed by atoms with E-state index in [-0.39, 0.29) is 0 Å². The molecule has 0 aliphatic carbocycles. The molecular weight excluding hydrogens is 109 g/mol. The normalized spacial score (nSPS) is 10.2. The number of hydrogen-bond donors (Lipinski definition) is 0. The lowest BCUT2D eigenvalue weighted by molar-refractivity contribution is 1.67. The fourth-order valence-corrected chi connectivity index (χ4v) is 0.625. The van der Waals surface area contributed by atoms with Crippen LogP contribution in [0.25, 0.3) is 0 Å². The molecule has 0 N–H and O–H groups in total. The van der Waals surface area contributed by atoms with Gasteiger partial charge in [-0.1, -0.05) is 30.3 Å². The molecule has 9 heavy (non-hydrogen) atoms. The maximum Gasteiger partial charge on any atom is 0.259 e. The molecule has 0 atom stereocenters. The van der Waals surface area contributed by atoms with Crippen LogP contribution in [0.15, 0.2) is 35.2 Å². The van der Waals surface area contributed by atoms with Crippen LogP contribution in [-0.4, -0.2) is 14.2 Å². The molecule has 2 heteroatoms. The van der Waals surface area contributed by atoms with Crippen LogP contribution in [0.4, 0.5) is 0 Å². The summed E-state index contributed by atoms with van der Waals surface area (Å²) < 4.78 is 0. The summed E-state index contributed by atoms with van der Waals surface area (Å²) in [7, 11) is 4.93. The van der Waals surface area contributed by atoms with Crippen LogP contribution in [-0.2, 0) is 0 Å². The summed E-state index contributed by atoms with van der Waals surface area (Å²) in [4.78, 5) is 3.38. The highest BCUT2D eigenvalue weighted by Crippen LogP contribution is 1.92. The minimum absolute atomic E-state index is 1.03. The van der Waals surface area contributed by atoms with Crippen molar-refractivity contribution in [3.05, 3.63) is 35.9 Å². The smallest absolute Gasteiger partial charge is 0.259 e. The highest BCUT2D eigenvalue weighted by atomic mass is 14.5. The third-order valence-corrected chi connectivity index (χ3v) is 1.02. The molecule has 0 amide bonds. The minimum atomic E-state index is 1.03. The van der Waals surface area contributed by atoms with Gasteiger partial charge in [0.2, 0.25) is 0 Å². The summed E-state index contributed by atoms with van der Waals surface area (Å²) in [6, 6.07) is 9.72. The second-order valence-corrected chi connectivity index (χ2v) is 1.69. The average Bonchev–Trinajstić information content (AvgIpc) is 1.91. The molecule has 0 bridgehead atoms. The Hall–Kier alpha value is -1.05. The van der Waals surface area contributed by atoms with Crippen LogP contribution < -0.4 is 0 Å². The van der Waals surface area contributed by atoms with Crippen LogP contribution in [0, 0.1) is 0 Å². The van der Waals surface area contributed by atoms with Crippen molar-refractivity contribution >= 4 is 14.2 Å². The van der Waals surface area contributed by atoms with E-state index in [9.17, 15) is 0 Å². The number of nitrogens with zero attached hydrogens (tertiary/aromatic N) is 1. The zero-order chi connectivity index (χ0) is 6.53. The molecule has 0 heterocycles. The Labute approximate surface area is 55.9 Å². The van der Waals surface area contributed by atoms with Crippen LogP contribution >= 0.6 is 0 Å². The fraction of sp³-hybridized carbons (Fsp3) is 0. The standard InChI is InChI=1S/C7H6BN/c8-9-6-7-4-2-1-3-5-7/h1-6H/b9-6+. The van der Waals surface area contributed by atoms with Crippen molar-refractivity contribution in [3.63, 3.8) is 0 Å². The number of hydrogen-bond acceptors (Lipinski definition) is 1. The van der Waals surface area contributed by atoms with E-state index in [0.717, 1.165) is 5.56 Å². The van der Waals surface area contributed by atoms with Gasteiger partial charge in [-0.3, -0.25) is 0 Å². The van der Waals surface area contributed by atoms with Gasteiger partial charge in [0.05, 0.1) is 0 Å². The summed E-state index contributed by atoms with van der Waals surface area (Å²) in [5.41, 5.74) is 1.03. The third kappa shape index (κ3) is 1.72. The summed E-state index contributed by atoms with van der Waals surface area (Å²) in [6.45, 7) is 0. The molecule has 42 valence electrons. The van der Waals surface area contributed by atoms with Crippen molar-refractivity contribution in [1.29, 1.82) is 0 Å². The van der Waals surface area contributed by atoms with Crippen molar-refractivity contribution in [3.8, 4) is 0 Å². The molecule has 0 unspecified atom stereocenters. The van der Waals surface area contributed by atoms with Crippen LogP contribution in [0.5, 0.6) is 0 Å². The van der Waals surface area contributed by atoms with Gasteiger partial charge in [-0.05, 0) is 5.56 Å². The summed E-state index contributed by atoms with van der Waals surface area (Å²) in [5, 5.41) is 0. The van der Waals surface area contributed by atoms with E-state index >= 15 is 0 Å². The van der Waals surface area contributed by atoms with Crippen molar-refractivity contribution < 1.29 is 0 Å². The van der Waals surface area contributed by atoms with Gasteiger partial charge in [0.15, 0.2) is 0 Å². The number of rotatable bonds is 1. The largest absolute Gasteiger partial charge is 0.363 e. The van der Waals surface area contributed by atoms with Crippen molar-refractivity contribution in [2.45, 2.75) is 0 Å².